The molecule has 1 heterocycles. The first kappa shape index (κ1) is 15.8. The number of nitrogens with zero attached hydrogens (tertiary/aromatic N) is 1. The van der Waals surface area contributed by atoms with Crippen LogP contribution in [0.3, 0.4) is 0 Å². The first-order chi connectivity index (χ1) is 10.2. The van der Waals surface area contributed by atoms with Crippen molar-refractivity contribution in [1.29, 1.82) is 0 Å². The van der Waals surface area contributed by atoms with Crippen molar-refractivity contribution in [1.82, 2.24) is 4.31 Å². The van der Waals surface area contributed by atoms with Crippen molar-refractivity contribution in [3.8, 4) is 0 Å². The third-order valence-electron chi connectivity index (χ3n) is 4.68. The summed E-state index contributed by atoms with van der Waals surface area (Å²) in [5, 5.41) is 0. The van der Waals surface area contributed by atoms with Crippen LogP contribution in [0.5, 0.6) is 0 Å². The van der Waals surface area contributed by atoms with Crippen molar-refractivity contribution in [3.05, 3.63) is 29.8 Å². The first-order valence-electron chi connectivity index (χ1n) is 7.12. The molecule has 1 saturated carbocycles. The molecule has 1 aliphatic carbocycles. The Morgan fingerprint density at radius 3 is 2.55 bits per heavy atom. The fourth-order valence-electron chi connectivity index (χ4n) is 3.44. The van der Waals surface area contributed by atoms with Gasteiger partial charge in [0.2, 0.25) is 10.0 Å². The van der Waals surface area contributed by atoms with Gasteiger partial charge in [0.15, 0.2) is 0 Å². The molecule has 1 saturated heterocycles. The van der Waals surface area contributed by atoms with Gasteiger partial charge in [0.1, 0.15) is 0 Å². The van der Waals surface area contributed by atoms with Crippen molar-refractivity contribution in [2.45, 2.75) is 30.0 Å². The number of hydrogen-bond donors (Lipinski definition) is 1. The molecular weight excluding hydrogens is 317 g/mol. The summed E-state index contributed by atoms with van der Waals surface area (Å²) in [6, 6.07) is 3.88. The van der Waals surface area contributed by atoms with Gasteiger partial charge in [0.25, 0.3) is 0 Å². The molecule has 122 valence electrons. The highest BCUT2D eigenvalue weighted by Gasteiger charge is 2.45. The van der Waals surface area contributed by atoms with Crippen LogP contribution in [0, 0.1) is 11.8 Å². The summed E-state index contributed by atoms with van der Waals surface area (Å²) >= 11 is 0. The highest BCUT2D eigenvalue weighted by atomic mass is 32.2. The van der Waals surface area contributed by atoms with E-state index in [4.69, 9.17) is 5.73 Å². The van der Waals surface area contributed by atoms with Crippen LogP contribution in [0.2, 0.25) is 0 Å². The Morgan fingerprint density at radius 2 is 1.91 bits per heavy atom. The number of halogens is 3. The SMILES string of the molecule is NC1CC[C@@H]2CN(S(=O)(=O)c3cccc(C(F)(F)F)c3)CC12. The van der Waals surface area contributed by atoms with Gasteiger partial charge in [-0.25, -0.2) is 8.42 Å². The van der Waals surface area contributed by atoms with E-state index in [-0.39, 0.29) is 22.8 Å². The third-order valence-corrected chi connectivity index (χ3v) is 6.51. The molecule has 0 amide bonds. The van der Waals surface area contributed by atoms with Gasteiger partial charge in [-0.3, -0.25) is 0 Å². The normalized spacial score (nSPS) is 29.7. The van der Waals surface area contributed by atoms with E-state index in [1.54, 1.807) is 0 Å². The van der Waals surface area contributed by atoms with E-state index in [2.05, 4.69) is 0 Å². The summed E-state index contributed by atoms with van der Waals surface area (Å²) < 4.78 is 64.7. The smallest absolute Gasteiger partial charge is 0.327 e. The maximum Gasteiger partial charge on any atom is 0.416 e. The first-order valence-corrected chi connectivity index (χ1v) is 8.56. The molecule has 8 heteroatoms. The molecule has 0 radical (unpaired) electrons. The van der Waals surface area contributed by atoms with Crippen molar-refractivity contribution >= 4 is 10.0 Å². The van der Waals surface area contributed by atoms with E-state index < -0.39 is 21.8 Å². The Morgan fingerprint density at radius 1 is 1.18 bits per heavy atom. The van der Waals surface area contributed by atoms with Gasteiger partial charge < -0.3 is 5.73 Å². The van der Waals surface area contributed by atoms with Crippen molar-refractivity contribution in [3.63, 3.8) is 0 Å². The average molecular weight is 334 g/mol. The van der Waals surface area contributed by atoms with E-state index in [1.807, 2.05) is 0 Å². The van der Waals surface area contributed by atoms with Crippen molar-refractivity contribution < 1.29 is 21.6 Å². The van der Waals surface area contributed by atoms with Gasteiger partial charge in [-0.15, -0.1) is 0 Å². The molecule has 1 aromatic carbocycles. The Balaban J connectivity index is 1.88. The summed E-state index contributed by atoms with van der Waals surface area (Å²) in [7, 11) is -3.91. The summed E-state index contributed by atoms with van der Waals surface area (Å²) in [5.74, 6) is 0.330. The molecule has 2 unspecified atom stereocenters. The topological polar surface area (TPSA) is 63.4 Å². The van der Waals surface area contributed by atoms with Crippen LogP contribution >= 0.6 is 0 Å². The number of rotatable bonds is 2. The molecule has 1 aromatic rings. The summed E-state index contributed by atoms with van der Waals surface area (Å²) in [6.07, 6.45) is -2.80. The molecule has 2 N–H and O–H groups in total. The van der Waals surface area contributed by atoms with Crippen LogP contribution in [0.25, 0.3) is 0 Å². The Labute approximate surface area is 127 Å². The monoisotopic (exact) mass is 334 g/mol. The number of nitrogens with two attached hydrogens (primary N) is 1. The van der Waals surface area contributed by atoms with Crippen LogP contribution in [0.4, 0.5) is 13.2 Å². The fourth-order valence-corrected chi connectivity index (χ4v) is 5.03. The predicted octanol–water partition coefficient (Wildman–Crippen LogP) is 2.06. The minimum absolute atomic E-state index is 0.0216. The molecule has 1 aliphatic heterocycles. The lowest BCUT2D eigenvalue weighted by atomic mass is 9.98. The maximum absolute atomic E-state index is 12.7. The van der Waals surface area contributed by atoms with Gasteiger partial charge in [0.05, 0.1) is 10.5 Å². The molecule has 0 aromatic heterocycles. The van der Waals surface area contributed by atoms with E-state index in [9.17, 15) is 21.6 Å². The second kappa shape index (κ2) is 5.21. The van der Waals surface area contributed by atoms with Crippen LogP contribution in [-0.2, 0) is 16.2 Å². The van der Waals surface area contributed by atoms with Crippen molar-refractivity contribution in [2.75, 3.05) is 13.1 Å². The van der Waals surface area contributed by atoms with Crippen LogP contribution in [0.1, 0.15) is 18.4 Å². The number of fused-ring (bicyclic) bond motifs is 1. The number of benzene rings is 1. The van der Waals surface area contributed by atoms with Crippen LogP contribution in [0.15, 0.2) is 29.2 Å². The molecule has 3 atom stereocenters. The molecule has 0 bridgehead atoms. The minimum atomic E-state index is -4.56. The number of sulfonamides is 1. The lowest BCUT2D eigenvalue weighted by Gasteiger charge is -2.19. The highest BCUT2D eigenvalue weighted by Crippen LogP contribution is 2.39. The van der Waals surface area contributed by atoms with Crippen LogP contribution in [-0.4, -0.2) is 31.9 Å². The standard InChI is InChI=1S/C14H17F3N2O2S/c15-14(16,17)10-2-1-3-11(6-10)22(20,21)19-7-9-4-5-13(18)12(9)8-19/h1-3,6,9,12-13H,4-5,7-8,18H2/t9-,12?,13?/m1/s1. The summed E-state index contributed by atoms with van der Waals surface area (Å²) in [6.45, 7) is 0.640. The number of hydrogen-bond acceptors (Lipinski definition) is 3. The molecule has 2 aliphatic rings. The van der Waals surface area contributed by atoms with Crippen LogP contribution < -0.4 is 5.73 Å². The zero-order chi connectivity index (χ0) is 16.1. The number of alkyl halides is 3. The zero-order valence-electron chi connectivity index (χ0n) is 11.8. The molecular formula is C14H17F3N2O2S. The molecule has 4 nitrogen and oxygen atoms in total. The second-order valence-electron chi connectivity index (χ2n) is 6.01. The molecule has 2 fully saturated rings. The zero-order valence-corrected chi connectivity index (χ0v) is 12.6. The Bertz CT molecular complexity index is 675. The third kappa shape index (κ3) is 2.63. The molecule has 0 spiro atoms. The van der Waals surface area contributed by atoms with Gasteiger partial charge in [-0.1, -0.05) is 6.07 Å². The summed E-state index contributed by atoms with van der Waals surface area (Å²) in [4.78, 5) is -0.309. The van der Waals surface area contributed by atoms with Gasteiger partial charge in [-0.2, -0.15) is 17.5 Å². The molecule has 22 heavy (non-hydrogen) atoms. The van der Waals surface area contributed by atoms with Gasteiger partial charge in [0, 0.05) is 19.1 Å². The van der Waals surface area contributed by atoms with Gasteiger partial charge in [-0.05, 0) is 42.9 Å². The lowest BCUT2D eigenvalue weighted by molar-refractivity contribution is -0.137. The quantitative estimate of drug-likeness (QED) is 0.900. The average Bonchev–Trinajstić information content (AvgIpc) is 3.01. The van der Waals surface area contributed by atoms with Gasteiger partial charge >= 0.3 is 6.18 Å². The fraction of sp³-hybridized carbons (Fsp3) is 0.571. The van der Waals surface area contributed by atoms with E-state index in [0.29, 0.717) is 19.2 Å². The lowest BCUT2D eigenvalue weighted by Crippen LogP contribution is -2.33. The van der Waals surface area contributed by atoms with E-state index in [0.717, 1.165) is 25.0 Å². The minimum Gasteiger partial charge on any atom is -0.327 e. The second-order valence-corrected chi connectivity index (χ2v) is 7.95. The van der Waals surface area contributed by atoms with Crippen molar-refractivity contribution in [2.24, 2.45) is 17.6 Å². The Hall–Kier alpha value is -1.12. The van der Waals surface area contributed by atoms with E-state index in [1.165, 1.54) is 10.4 Å². The summed E-state index contributed by atoms with van der Waals surface area (Å²) in [5.41, 5.74) is 5.02. The molecule has 3 rings (SSSR count). The largest absolute Gasteiger partial charge is 0.416 e. The Kier molecular flexibility index (Phi) is 3.73. The highest BCUT2D eigenvalue weighted by molar-refractivity contribution is 7.89. The predicted molar refractivity (Wildman–Crippen MR) is 74.4 cm³/mol. The maximum atomic E-state index is 12.7. The van der Waals surface area contributed by atoms with E-state index >= 15 is 0 Å².